The van der Waals surface area contributed by atoms with Gasteiger partial charge in [-0.25, -0.2) is 0 Å². The third kappa shape index (κ3) is 4.17. The first-order valence-electron chi connectivity index (χ1n) is 9.99. The van der Waals surface area contributed by atoms with Gasteiger partial charge in [-0.2, -0.15) is 5.10 Å². The number of hydrogen-bond donors (Lipinski definition) is 1. The Morgan fingerprint density at radius 2 is 1.65 bits per heavy atom. The van der Waals surface area contributed by atoms with Crippen molar-refractivity contribution in [3.05, 3.63) is 107 Å². The summed E-state index contributed by atoms with van der Waals surface area (Å²) in [6.45, 7) is 0. The molecule has 152 valence electrons. The fourth-order valence-electron chi connectivity index (χ4n) is 3.78. The van der Waals surface area contributed by atoms with Gasteiger partial charge in [0.2, 0.25) is 0 Å². The van der Waals surface area contributed by atoms with Crippen LogP contribution in [0.15, 0.2) is 94.9 Å². The van der Waals surface area contributed by atoms with Crippen LogP contribution in [0.4, 0.5) is 10.5 Å². The second-order valence-corrected chi connectivity index (χ2v) is 8.75. The molecule has 1 saturated heterocycles. The molecule has 1 atom stereocenters. The molecule has 0 bridgehead atoms. The lowest BCUT2D eigenvalue weighted by molar-refractivity contribution is 0.265. The number of thiocarbonyl (C=S) groups is 1. The summed E-state index contributed by atoms with van der Waals surface area (Å²) in [5, 5.41) is 9.62. The number of rotatable bonds is 4. The van der Waals surface area contributed by atoms with E-state index in [0.29, 0.717) is 4.99 Å². The maximum atomic E-state index is 11.5. The van der Waals surface area contributed by atoms with Crippen molar-refractivity contribution < 1.29 is 4.79 Å². The zero-order valence-electron chi connectivity index (χ0n) is 16.6. The molecular formula is C25H19N3OS2. The van der Waals surface area contributed by atoms with E-state index in [1.807, 2.05) is 42.5 Å². The Labute approximate surface area is 190 Å². The van der Waals surface area contributed by atoms with Crippen LogP contribution in [0.25, 0.3) is 6.08 Å². The molecule has 1 fully saturated rings. The van der Waals surface area contributed by atoms with Gasteiger partial charge in [-0.05, 0) is 46.7 Å². The van der Waals surface area contributed by atoms with Crippen molar-refractivity contribution >= 4 is 51.7 Å². The van der Waals surface area contributed by atoms with Gasteiger partial charge in [0, 0.05) is 6.42 Å². The number of carbonyl (C=O) groups excluding carboxylic acids is 1. The number of amides is 1. The molecule has 1 N–H and O–H groups in total. The van der Waals surface area contributed by atoms with Crippen LogP contribution < -0.4 is 10.3 Å². The van der Waals surface area contributed by atoms with E-state index in [4.69, 9.17) is 17.3 Å². The predicted molar refractivity (Wildman–Crippen MR) is 132 cm³/mol. The van der Waals surface area contributed by atoms with Crippen molar-refractivity contribution in [3.8, 4) is 0 Å². The summed E-state index contributed by atoms with van der Waals surface area (Å²) in [4.78, 5) is 12.8. The second-order valence-electron chi connectivity index (χ2n) is 7.33. The molecule has 0 aromatic heterocycles. The Morgan fingerprint density at radius 3 is 2.29 bits per heavy atom. The third-order valence-corrected chi connectivity index (χ3v) is 6.58. The topological polar surface area (TPSA) is 44.7 Å². The molecule has 2 aliphatic heterocycles. The summed E-state index contributed by atoms with van der Waals surface area (Å²) in [6.07, 6.45) is 2.78. The molecule has 2 aliphatic rings. The monoisotopic (exact) mass is 441 g/mol. The summed E-state index contributed by atoms with van der Waals surface area (Å²) in [6, 6.07) is 29.2. The van der Waals surface area contributed by atoms with Crippen LogP contribution in [0.2, 0.25) is 0 Å². The molecule has 1 unspecified atom stereocenters. The Kier molecular flexibility index (Phi) is 5.40. The first-order chi connectivity index (χ1) is 15.2. The quantitative estimate of drug-likeness (QED) is 0.389. The highest BCUT2D eigenvalue weighted by atomic mass is 32.2. The summed E-state index contributed by atoms with van der Waals surface area (Å²) in [5.41, 5.74) is 5.49. The van der Waals surface area contributed by atoms with E-state index in [-0.39, 0.29) is 11.3 Å². The van der Waals surface area contributed by atoms with E-state index in [1.165, 1.54) is 5.56 Å². The van der Waals surface area contributed by atoms with E-state index in [0.717, 1.165) is 45.6 Å². The van der Waals surface area contributed by atoms with Gasteiger partial charge in [0.15, 0.2) is 0 Å². The van der Waals surface area contributed by atoms with Crippen LogP contribution >= 0.6 is 24.0 Å². The maximum Gasteiger partial charge on any atom is 0.289 e. The largest absolute Gasteiger partial charge is 0.307 e. The highest BCUT2D eigenvalue weighted by Crippen LogP contribution is 2.37. The fourth-order valence-corrected chi connectivity index (χ4v) is 4.82. The van der Waals surface area contributed by atoms with Gasteiger partial charge in [0.1, 0.15) is 4.99 Å². The second kappa shape index (κ2) is 8.49. The number of hydrazone groups is 1. The molecule has 4 nitrogen and oxygen atoms in total. The van der Waals surface area contributed by atoms with E-state index in [2.05, 4.69) is 58.9 Å². The minimum atomic E-state index is -0.126. The summed E-state index contributed by atoms with van der Waals surface area (Å²) in [7, 11) is 0. The Morgan fingerprint density at radius 1 is 0.968 bits per heavy atom. The number of benzene rings is 3. The van der Waals surface area contributed by atoms with Gasteiger partial charge in [0.25, 0.3) is 5.24 Å². The van der Waals surface area contributed by atoms with E-state index >= 15 is 0 Å². The zero-order chi connectivity index (χ0) is 21.2. The fraction of sp³-hybridized carbons (Fsp3) is 0.0800. The van der Waals surface area contributed by atoms with Crippen LogP contribution in [-0.2, 0) is 0 Å². The van der Waals surface area contributed by atoms with Crippen LogP contribution in [-0.4, -0.2) is 15.9 Å². The summed E-state index contributed by atoms with van der Waals surface area (Å²) < 4.78 is 0. The van der Waals surface area contributed by atoms with Gasteiger partial charge >= 0.3 is 0 Å². The van der Waals surface area contributed by atoms with Gasteiger partial charge in [-0.3, -0.25) is 9.80 Å². The van der Waals surface area contributed by atoms with Crippen molar-refractivity contribution in [2.75, 3.05) is 5.01 Å². The van der Waals surface area contributed by atoms with Crippen LogP contribution in [0.5, 0.6) is 0 Å². The van der Waals surface area contributed by atoms with Gasteiger partial charge in [0.05, 0.1) is 22.3 Å². The van der Waals surface area contributed by atoms with Gasteiger partial charge in [-0.1, -0.05) is 85.0 Å². The van der Waals surface area contributed by atoms with Gasteiger partial charge in [-0.15, -0.1) is 0 Å². The van der Waals surface area contributed by atoms with Crippen LogP contribution in [0, 0.1) is 0 Å². The highest BCUT2D eigenvalue weighted by molar-refractivity contribution is 8.19. The number of thioether (sulfide) groups is 1. The molecule has 3 aromatic carbocycles. The average molecular weight is 442 g/mol. The van der Waals surface area contributed by atoms with Crippen molar-refractivity contribution in [1.29, 1.82) is 0 Å². The SMILES string of the molecule is O=C1NC(=S)C(=Cc2ccc(N3N=C(c4ccccc4)CC3c3ccccc3)cc2)S1. The summed E-state index contributed by atoms with van der Waals surface area (Å²) >= 11 is 6.34. The third-order valence-electron chi connectivity index (χ3n) is 5.30. The number of carbonyl (C=O) groups is 1. The first-order valence-corrected chi connectivity index (χ1v) is 11.2. The molecule has 2 heterocycles. The van der Waals surface area contributed by atoms with Crippen molar-refractivity contribution in [2.24, 2.45) is 5.10 Å². The number of hydrogen-bond acceptors (Lipinski definition) is 5. The molecule has 0 radical (unpaired) electrons. The van der Waals surface area contributed by atoms with Crippen LogP contribution in [0.3, 0.4) is 0 Å². The molecule has 6 heteroatoms. The zero-order valence-corrected chi connectivity index (χ0v) is 18.2. The minimum Gasteiger partial charge on any atom is -0.307 e. The highest BCUT2D eigenvalue weighted by Gasteiger charge is 2.29. The van der Waals surface area contributed by atoms with Crippen molar-refractivity contribution in [3.63, 3.8) is 0 Å². The lowest BCUT2D eigenvalue weighted by Crippen LogP contribution is -2.18. The first kappa shape index (κ1) is 19.7. The smallest absolute Gasteiger partial charge is 0.289 e. The Hall–Kier alpha value is -3.22. The van der Waals surface area contributed by atoms with Gasteiger partial charge < -0.3 is 5.32 Å². The van der Waals surface area contributed by atoms with E-state index in [1.54, 1.807) is 0 Å². The molecule has 0 spiro atoms. The lowest BCUT2D eigenvalue weighted by atomic mass is 9.98. The summed E-state index contributed by atoms with van der Waals surface area (Å²) in [5.74, 6) is 0. The Balaban J connectivity index is 1.47. The molecule has 5 rings (SSSR count). The molecule has 31 heavy (non-hydrogen) atoms. The normalized spacial score (nSPS) is 19.6. The number of nitrogens with zero attached hydrogens (tertiary/aromatic N) is 2. The van der Waals surface area contributed by atoms with E-state index < -0.39 is 0 Å². The minimum absolute atomic E-state index is 0.126. The van der Waals surface area contributed by atoms with E-state index in [9.17, 15) is 4.79 Å². The number of anilines is 1. The standard InChI is InChI=1S/C25H19N3OS2/c29-25-26-24(30)23(31-25)15-17-11-13-20(14-12-17)28-22(19-9-5-2-6-10-19)16-21(27-28)18-7-3-1-4-8-18/h1-15,22H,16H2,(H,26,29,30). The maximum absolute atomic E-state index is 11.5. The van der Waals surface area contributed by atoms with Crippen LogP contribution in [0.1, 0.15) is 29.2 Å². The molecule has 0 aliphatic carbocycles. The number of nitrogens with one attached hydrogen (secondary N) is 1. The average Bonchev–Trinajstić information content (AvgIpc) is 3.39. The Bertz CT molecular complexity index is 1190. The van der Waals surface area contributed by atoms with Crippen molar-refractivity contribution in [1.82, 2.24) is 5.32 Å². The molecule has 3 aromatic rings. The molecule has 0 saturated carbocycles. The predicted octanol–water partition coefficient (Wildman–Crippen LogP) is 6.17. The van der Waals surface area contributed by atoms with Crippen molar-refractivity contribution in [2.45, 2.75) is 12.5 Å². The lowest BCUT2D eigenvalue weighted by Gasteiger charge is -2.24. The molecule has 1 amide bonds. The molecular weight excluding hydrogens is 422 g/mol.